The van der Waals surface area contributed by atoms with Crippen LogP contribution in [0.15, 0.2) is 0 Å². The molecule has 0 aromatic carbocycles. The third-order valence-electron chi connectivity index (χ3n) is 1.65. The van der Waals surface area contributed by atoms with Gasteiger partial charge in [-0.3, -0.25) is 4.90 Å². The maximum Gasteiger partial charge on any atom is 0.119 e. The molecule has 0 aliphatic heterocycles. The molecule has 0 bridgehead atoms. The van der Waals surface area contributed by atoms with Crippen molar-refractivity contribution in [2.45, 2.75) is 32.9 Å². The molecule has 3 N–H and O–H groups in total. The van der Waals surface area contributed by atoms with Gasteiger partial charge in [0.15, 0.2) is 0 Å². The second-order valence-corrected chi connectivity index (χ2v) is 2.75. The van der Waals surface area contributed by atoms with Crippen molar-refractivity contribution in [2.75, 3.05) is 19.6 Å². The van der Waals surface area contributed by atoms with E-state index in [0.717, 1.165) is 25.9 Å². The molecule has 3 nitrogen and oxygen atoms in total. The molecular weight excluding hydrogens is 140 g/mol. The average Bonchev–Trinajstić information content (AvgIpc) is 2.03. The van der Waals surface area contributed by atoms with Gasteiger partial charge in [-0.25, -0.2) is 0 Å². The second-order valence-electron chi connectivity index (χ2n) is 2.75. The summed E-state index contributed by atoms with van der Waals surface area (Å²) < 4.78 is 0. The van der Waals surface area contributed by atoms with Gasteiger partial charge in [0, 0.05) is 19.6 Å². The van der Waals surface area contributed by atoms with Crippen LogP contribution in [0.4, 0.5) is 0 Å². The molecule has 0 radical (unpaired) electrons. The van der Waals surface area contributed by atoms with E-state index in [9.17, 15) is 5.11 Å². The van der Waals surface area contributed by atoms with E-state index in [-0.39, 0.29) is 0 Å². The van der Waals surface area contributed by atoms with Gasteiger partial charge in [0.1, 0.15) is 6.23 Å². The van der Waals surface area contributed by atoms with Crippen LogP contribution < -0.4 is 5.73 Å². The zero-order chi connectivity index (χ0) is 8.69. The quantitative estimate of drug-likeness (QED) is 0.552. The summed E-state index contributed by atoms with van der Waals surface area (Å²) in [6.07, 6.45) is 1.68. The SMILES string of the molecule is CCCN(CCC)C(O)CN. The van der Waals surface area contributed by atoms with Crippen LogP contribution in [0.3, 0.4) is 0 Å². The smallest absolute Gasteiger partial charge is 0.119 e. The minimum absolute atomic E-state index is 0.333. The number of hydrogen-bond donors (Lipinski definition) is 2. The largest absolute Gasteiger partial charge is 0.377 e. The van der Waals surface area contributed by atoms with Crippen molar-refractivity contribution in [3.63, 3.8) is 0 Å². The highest BCUT2D eigenvalue weighted by molar-refractivity contribution is 4.60. The molecule has 0 saturated heterocycles. The van der Waals surface area contributed by atoms with Gasteiger partial charge in [-0.05, 0) is 12.8 Å². The van der Waals surface area contributed by atoms with E-state index in [4.69, 9.17) is 5.73 Å². The molecule has 0 aliphatic carbocycles. The summed E-state index contributed by atoms with van der Waals surface area (Å²) in [5, 5.41) is 9.38. The molecule has 0 aromatic heterocycles. The number of nitrogens with zero attached hydrogens (tertiary/aromatic N) is 1. The van der Waals surface area contributed by atoms with Crippen LogP contribution in [-0.2, 0) is 0 Å². The van der Waals surface area contributed by atoms with Gasteiger partial charge in [-0.1, -0.05) is 13.8 Å². The average molecular weight is 160 g/mol. The number of rotatable bonds is 6. The molecule has 0 amide bonds. The van der Waals surface area contributed by atoms with Crippen molar-refractivity contribution in [1.29, 1.82) is 0 Å². The first-order chi connectivity index (χ1) is 5.26. The van der Waals surface area contributed by atoms with Gasteiger partial charge in [0.2, 0.25) is 0 Å². The Bertz CT molecular complexity index is 82.2. The number of aliphatic hydroxyl groups is 1. The lowest BCUT2D eigenvalue weighted by atomic mass is 10.3. The molecule has 0 heterocycles. The van der Waals surface area contributed by atoms with E-state index in [1.165, 1.54) is 0 Å². The molecular formula is C8H20N2O. The van der Waals surface area contributed by atoms with Crippen molar-refractivity contribution in [2.24, 2.45) is 5.73 Å². The Kier molecular flexibility index (Phi) is 6.51. The highest BCUT2D eigenvalue weighted by atomic mass is 16.3. The summed E-state index contributed by atoms with van der Waals surface area (Å²) in [6.45, 7) is 6.41. The van der Waals surface area contributed by atoms with Crippen LogP contribution >= 0.6 is 0 Å². The fourth-order valence-electron chi connectivity index (χ4n) is 1.13. The van der Waals surface area contributed by atoms with E-state index < -0.39 is 6.23 Å². The van der Waals surface area contributed by atoms with Gasteiger partial charge >= 0.3 is 0 Å². The summed E-state index contributed by atoms with van der Waals surface area (Å²) >= 11 is 0. The maximum atomic E-state index is 9.38. The van der Waals surface area contributed by atoms with E-state index in [2.05, 4.69) is 13.8 Å². The van der Waals surface area contributed by atoms with Gasteiger partial charge in [-0.15, -0.1) is 0 Å². The molecule has 1 unspecified atom stereocenters. The predicted molar refractivity (Wildman–Crippen MR) is 47.2 cm³/mol. The Labute approximate surface area is 69.2 Å². The predicted octanol–water partition coefficient (Wildman–Crippen LogP) is 0.386. The molecule has 1 atom stereocenters. The first-order valence-corrected chi connectivity index (χ1v) is 4.38. The van der Waals surface area contributed by atoms with Crippen LogP contribution in [0.5, 0.6) is 0 Å². The number of aliphatic hydroxyl groups excluding tert-OH is 1. The third-order valence-corrected chi connectivity index (χ3v) is 1.65. The van der Waals surface area contributed by atoms with E-state index in [1.807, 2.05) is 4.90 Å². The van der Waals surface area contributed by atoms with E-state index in [1.54, 1.807) is 0 Å². The zero-order valence-electron chi connectivity index (χ0n) is 7.58. The van der Waals surface area contributed by atoms with Crippen molar-refractivity contribution in [1.82, 2.24) is 4.90 Å². The molecule has 68 valence electrons. The van der Waals surface area contributed by atoms with Crippen molar-refractivity contribution in [3.8, 4) is 0 Å². The summed E-state index contributed by atoms with van der Waals surface area (Å²) in [4.78, 5) is 2.01. The van der Waals surface area contributed by atoms with Gasteiger partial charge < -0.3 is 10.8 Å². The Morgan fingerprint density at radius 1 is 1.27 bits per heavy atom. The first-order valence-electron chi connectivity index (χ1n) is 4.38. The number of nitrogens with two attached hydrogens (primary N) is 1. The molecule has 0 fully saturated rings. The standard InChI is InChI=1S/C8H20N2O/c1-3-5-10(6-4-2)8(11)7-9/h8,11H,3-7,9H2,1-2H3. The van der Waals surface area contributed by atoms with Gasteiger partial charge in [-0.2, -0.15) is 0 Å². The molecule has 11 heavy (non-hydrogen) atoms. The topological polar surface area (TPSA) is 49.5 Å². The third kappa shape index (κ3) is 4.35. The van der Waals surface area contributed by atoms with Gasteiger partial charge in [0.05, 0.1) is 0 Å². The van der Waals surface area contributed by atoms with Crippen LogP contribution in [0, 0.1) is 0 Å². The summed E-state index contributed by atoms with van der Waals surface area (Å²) in [5.74, 6) is 0. The summed E-state index contributed by atoms with van der Waals surface area (Å²) in [6, 6.07) is 0. The monoisotopic (exact) mass is 160 g/mol. The highest BCUT2D eigenvalue weighted by Crippen LogP contribution is 1.97. The Morgan fingerprint density at radius 3 is 2.00 bits per heavy atom. The fourth-order valence-corrected chi connectivity index (χ4v) is 1.13. The highest BCUT2D eigenvalue weighted by Gasteiger charge is 2.10. The normalized spacial score (nSPS) is 13.9. The van der Waals surface area contributed by atoms with Crippen molar-refractivity contribution >= 4 is 0 Å². The lowest BCUT2D eigenvalue weighted by molar-refractivity contribution is 0.0110. The van der Waals surface area contributed by atoms with E-state index >= 15 is 0 Å². The Morgan fingerprint density at radius 2 is 1.73 bits per heavy atom. The van der Waals surface area contributed by atoms with Crippen molar-refractivity contribution < 1.29 is 5.11 Å². The molecule has 0 rings (SSSR count). The number of hydrogen-bond acceptors (Lipinski definition) is 3. The minimum atomic E-state index is -0.449. The lowest BCUT2D eigenvalue weighted by Crippen LogP contribution is -2.41. The minimum Gasteiger partial charge on any atom is -0.377 e. The molecule has 0 aromatic rings. The van der Waals surface area contributed by atoms with Gasteiger partial charge in [0.25, 0.3) is 0 Å². The van der Waals surface area contributed by atoms with Crippen LogP contribution in [-0.4, -0.2) is 35.9 Å². The molecule has 0 spiro atoms. The zero-order valence-corrected chi connectivity index (χ0v) is 7.58. The maximum absolute atomic E-state index is 9.38. The molecule has 3 heteroatoms. The fraction of sp³-hybridized carbons (Fsp3) is 1.00. The van der Waals surface area contributed by atoms with Crippen LogP contribution in [0.25, 0.3) is 0 Å². The first kappa shape index (κ1) is 10.9. The van der Waals surface area contributed by atoms with Crippen LogP contribution in [0.2, 0.25) is 0 Å². The lowest BCUT2D eigenvalue weighted by Gasteiger charge is -2.25. The Hall–Kier alpha value is -0.120. The second kappa shape index (κ2) is 6.58. The molecule has 0 saturated carbocycles. The van der Waals surface area contributed by atoms with Crippen LogP contribution in [0.1, 0.15) is 26.7 Å². The summed E-state index contributed by atoms with van der Waals surface area (Å²) in [7, 11) is 0. The van der Waals surface area contributed by atoms with E-state index in [0.29, 0.717) is 6.54 Å². The summed E-state index contributed by atoms with van der Waals surface area (Å²) in [5.41, 5.74) is 5.34. The molecule has 0 aliphatic rings. The Balaban J connectivity index is 3.66. The van der Waals surface area contributed by atoms with Crippen molar-refractivity contribution in [3.05, 3.63) is 0 Å².